The zero-order valence-electron chi connectivity index (χ0n) is 5.84. The molecule has 2 rings (SSSR count). The average Bonchev–Trinajstić information content (AvgIpc) is 2.64. The molecule has 2 aliphatic heterocycles. The van der Waals surface area contributed by atoms with Crippen LogP contribution in [0.15, 0.2) is 0 Å². The van der Waals surface area contributed by atoms with E-state index in [9.17, 15) is 0 Å². The summed E-state index contributed by atoms with van der Waals surface area (Å²) >= 11 is 0. The van der Waals surface area contributed by atoms with Gasteiger partial charge in [0.15, 0.2) is 0 Å². The van der Waals surface area contributed by atoms with E-state index in [1.807, 2.05) is 0 Å². The summed E-state index contributed by atoms with van der Waals surface area (Å²) in [7, 11) is 0. The van der Waals surface area contributed by atoms with Crippen LogP contribution in [0.4, 0.5) is 0 Å². The lowest BCUT2D eigenvalue weighted by atomic mass is 10.1. The molecule has 0 aliphatic carbocycles. The second kappa shape index (κ2) is 1.96. The van der Waals surface area contributed by atoms with Gasteiger partial charge in [-0.15, -0.1) is 0 Å². The Labute approximate surface area is 55.8 Å². The van der Waals surface area contributed by atoms with Crippen LogP contribution in [-0.2, 0) is 4.74 Å². The van der Waals surface area contributed by atoms with Crippen LogP contribution in [0.5, 0.6) is 0 Å². The second-order valence-electron chi connectivity index (χ2n) is 2.89. The predicted molar refractivity (Wildman–Crippen MR) is 35.4 cm³/mol. The van der Waals surface area contributed by atoms with Gasteiger partial charge in [-0.25, -0.2) is 0 Å². The molecule has 0 aromatic heterocycles. The fourth-order valence-electron chi connectivity index (χ4n) is 1.54. The van der Waals surface area contributed by atoms with Gasteiger partial charge in [-0.1, -0.05) is 6.92 Å². The van der Waals surface area contributed by atoms with Crippen molar-refractivity contribution in [3.63, 3.8) is 0 Å². The Morgan fingerprint density at radius 1 is 1.56 bits per heavy atom. The number of likely N-dealkylation sites (N-methyl/N-ethyl adjacent to an activating group) is 1. The Balaban J connectivity index is 1.86. The molecule has 0 amide bonds. The molecule has 0 spiro atoms. The lowest BCUT2D eigenvalue weighted by molar-refractivity contribution is 0.258. The Bertz CT molecular complexity index is 115. The normalized spacial score (nSPS) is 42.3. The Morgan fingerprint density at radius 2 is 2.44 bits per heavy atom. The van der Waals surface area contributed by atoms with Gasteiger partial charge in [-0.05, 0) is 13.0 Å². The van der Waals surface area contributed by atoms with Crippen molar-refractivity contribution >= 4 is 0 Å². The highest BCUT2D eigenvalue weighted by Gasteiger charge is 2.42. The monoisotopic (exact) mass is 127 g/mol. The Morgan fingerprint density at radius 3 is 3.11 bits per heavy atom. The third-order valence-corrected chi connectivity index (χ3v) is 2.30. The molecule has 0 aromatic rings. The lowest BCUT2D eigenvalue weighted by Crippen LogP contribution is -2.34. The van der Waals surface area contributed by atoms with Crippen LogP contribution in [-0.4, -0.2) is 36.7 Å². The van der Waals surface area contributed by atoms with Gasteiger partial charge in [0.25, 0.3) is 0 Å². The molecule has 52 valence electrons. The molecule has 9 heavy (non-hydrogen) atoms. The molecule has 2 atom stereocenters. The van der Waals surface area contributed by atoms with Crippen molar-refractivity contribution in [1.29, 1.82) is 0 Å². The SMILES string of the molecule is CCN1CC[C@H]2O[C@@H]2C1. The van der Waals surface area contributed by atoms with E-state index in [1.54, 1.807) is 0 Å². The van der Waals surface area contributed by atoms with Crippen LogP contribution in [0.2, 0.25) is 0 Å². The standard InChI is InChI=1S/C7H13NO/c1-2-8-4-3-6-7(5-8)9-6/h6-7H,2-5H2,1H3/t6-,7-/m1/s1. The van der Waals surface area contributed by atoms with Gasteiger partial charge < -0.3 is 9.64 Å². The number of piperidine rings is 1. The van der Waals surface area contributed by atoms with E-state index >= 15 is 0 Å². The van der Waals surface area contributed by atoms with Crippen molar-refractivity contribution in [3.05, 3.63) is 0 Å². The van der Waals surface area contributed by atoms with Crippen molar-refractivity contribution in [2.45, 2.75) is 25.6 Å². The van der Waals surface area contributed by atoms with Crippen molar-refractivity contribution in [2.75, 3.05) is 19.6 Å². The van der Waals surface area contributed by atoms with E-state index in [4.69, 9.17) is 4.74 Å². The van der Waals surface area contributed by atoms with Gasteiger partial charge in [0, 0.05) is 13.1 Å². The minimum absolute atomic E-state index is 0.610. The highest BCUT2D eigenvalue weighted by Crippen LogP contribution is 2.30. The van der Waals surface area contributed by atoms with Crippen molar-refractivity contribution in [3.8, 4) is 0 Å². The van der Waals surface area contributed by atoms with Crippen LogP contribution in [0.3, 0.4) is 0 Å². The van der Waals surface area contributed by atoms with E-state index in [2.05, 4.69) is 11.8 Å². The molecule has 2 nitrogen and oxygen atoms in total. The predicted octanol–water partition coefficient (Wildman–Crippen LogP) is 0.479. The Hall–Kier alpha value is -0.0800. The van der Waals surface area contributed by atoms with E-state index in [0.29, 0.717) is 12.2 Å². The minimum Gasteiger partial charge on any atom is -0.368 e. The molecular weight excluding hydrogens is 114 g/mol. The molecule has 2 heteroatoms. The van der Waals surface area contributed by atoms with Crippen molar-refractivity contribution in [1.82, 2.24) is 4.90 Å². The fraction of sp³-hybridized carbons (Fsp3) is 1.00. The van der Waals surface area contributed by atoms with Crippen LogP contribution in [0, 0.1) is 0 Å². The number of likely N-dealkylation sites (tertiary alicyclic amines) is 1. The van der Waals surface area contributed by atoms with Crippen molar-refractivity contribution in [2.24, 2.45) is 0 Å². The number of nitrogens with zero attached hydrogens (tertiary/aromatic N) is 1. The smallest absolute Gasteiger partial charge is 0.0968 e. The first-order valence-corrected chi connectivity index (χ1v) is 3.78. The summed E-state index contributed by atoms with van der Waals surface area (Å²) in [6.45, 7) is 5.83. The van der Waals surface area contributed by atoms with Crippen LogP contribution in [0.1, 0.15) is 13.3 Å². The zero-order valence-corrected chi connectivity index (χ0v) is 5.84. The summed E-state index contributed by atoms with van der Waals surface area (Å²) in [6.07, 6.45) is 2.52. The lowest BCUT2D eigenvalue weighted by Gasteiger charge is -2.21. The topological polar surface area (TPSA) is 15.8 Å². The average molecular weight is 127 g/mol. The zero-order chi connectivity index (χ0) is 6.27. The summed E-state index contributed by atoms with van der Waals surface area (Å²) in [5.74, 6) is 0. The van der Waals surface area contributed by atoms with Crippen LogP contribution < -0.4 is 0 Å². The molecular formula is C7H13NO. The van der Waals surface area contributed by atoms with E-state index in [1.165, 1.54) is 26.1 Å². The van der Waals surface area contributed by atoms with Crippen LogP contribution in [0.25, 0.3) is 0 Å². The highest BCUT2D eigenvalue weighted by molar-refractivity contribution is 4.92. The third-order valence-electron chi connectivity index (χ3n) is 2.30. The first kappa shape index (κ1) is 5.69. The molecule has 0 bridgehead atoms. The quantitative estimate of drug-likeness (QED) is 0.476. The molecule has 2 aliphatic rings. The molecule has 2 saturated heterocycles. The summed E-state index contributed by atoms with van der Waals surface area (Å²) in [4.78, 5) is 2.45. The summed E-state index contributed by atoms with van der Waals surface area (Å²) in [6, 6.07) is 0. The highest BCUT2D eigenvalue weighted by atomic mass is 16.6. The molecule has 0 radical (unpaired) electrons. The number of hydrogen-bond acceptors (Lipinski definition) is 2. The minimum atomic E-state index is 0.610. The maximum Gasteiger partial charge on any atom is 0.0968 e. The van der Waals surface area contributed by atoms with Gasteiger partial charge in [0.05, 0.1) is 12.2 Å². The molecule has 2 fully saturated rings. The van der Waals surface area contributed by atoms with E-state index in [0.717, 1.165) is 0 Å². The van der Waals surface area contributed by atoms with E-state index in [-0.39, 0.29) is 0 Å². The first-order chi connectivity index (χ1) is 4.40. The summed E-state index contributed by atoms with van der Waals surface area (Å²) < 4.78 is 5.37. The third kappa shape index (κ3) is 0.970. The first-order valence-electron chi connectivity index (χ1n) is 3.78. The van der Waals surface area contributed by atoms with Crippen LogP contribution >= 0.6 is 0 Å². The van der Waals surface area contributed by atoms with Gasteiger partial charge in [0.2, 0.25) is 0 Å². The maximum atomic E-state index is 5.37. The molecule has 2 heterocycles. The molecule has 0 unspecified atom stereocenters. The summed E-state index contributed by atoms with van der Waals surface area (Å²) in [5.41, 5.74) is 0. The van der Waals surface area contributed by atoms with Gasteiger partial charge in [-0.3, -0.25) is 0 Å². The Kier molecular flexibility index (Phi) is 1.24. The maximum absolute atomic E-state index is 5.37. The molecule has 0 saturated carbocycles. The largest absolute Gasteiger partial charge is 0.368 e. The van der Waals surface area contributed by atoms with Crippen molar-refractivity contribution < 1.29 is 4.74 Å². The van der Waals surface area contributed by atoms with Gasteiger partial charge in [-0.2, -0.15) is 0 Å². The van der Waals surface area contributed by atoms with Gasteiger partial charge in [0.1, 0.15) is 0 Å². The number of hydrogen-bond donors (Lipinski definition) is 0. The van der Waals surface area contributed by atoms with E-state index < -0.39 is 0 Å². The number of epoxide rings is 1. The molecule has 0 aromatic carbocycles. The second-order valence-corrected chi connectivity index (χ2v) is 2.89. The number of ether oxygens (including phenoxy) is 1. The number of rotatable bonds is 1. The molecule has 0 N–H and O–H groups in total. The van der Waals surface area contributed by atoms with Gasteiger partial charge >= 0.3 is 0 Å². The fourth-order valence-corrected chi connectivity index (χ4v) is 1.54. The number of fused-ring (bicyclic) bond motifs is 1. The summed E-state index contributed by atoms with van der Waals surface area (Å²) in [5, 5.41) is 0.